The van der Waals surface area contributed by atoms with Gasteiger partial charge in [0.2, 0.25) is 11.8 Å². The number of rotatable bonds is 3. The third-order valence-electron chi connectivity index (χ3n) is 6.42. The minimum atomic E-state index is -0.634. The summed E-state index contributed by atoms with van der Waals surface area (Å²) in [7, 11) is 0. The van der Waals surface area contributed by atoms with Crippen LogP contribution in [0.4, 0.5) is 0 Å². The van der Waals surface area contributed by atoms with E-state index in [2.05, 4.69) is 10.6 Å². The number of carbonyl (C=O) groups is 3. The number of halogens is 1. The highest BCUT2D eigenvalue weighted by molar-refractivity contribution is 6.30. The second-order valence-corrected chi connectivity index (χ2v) is 9.48. The summed E-state index contributed by atoms with van der Waals surface area (Å²) in [5.41, 5.74) is -0.595. The minimum Gasteiger partial charge on any atom is -0.484 e. The summed E-state index contributed by atoms with van der Waals surface area (Å²) in [6.45, 7) is 5.52. The van der Waals surface area contributed by atoms with Crippen molar-refractivity contribution in [2.24, 2.45) is 5.41 Å². The van der Waals surface area contributed by atoms with E-state index in [-0.39, 0.29) is 30.4 Å². The van der Waals surface area contributed by atoms with E-state index in [1.807, 2.05) is 6.92 Å². The quantitative estimate of drug-likeness (QED) is 0.694. The Labute approximate surface area is 200 Å². The number of amides is 3. The number of hydrogen-bond acceptors (Lipinski definition) is 5. The molecular formula is C24H34ClN3O5. The van der Waals surface area contributed by atoms with Gasteiger partial charge in [-0.05, 0) is 63.8 Å². The lowest BCUT2D eigenvalue weighted by Gasteiger charge is -2.41. The van der Waals surface area contributed by atoms with Crippen molar-refractivity contribution in [1.29, 1.82) is 0 Å². The third kappa shape index (κ3) is 7.08. The smallest absolute Gasteiger partial charge is 0.260 e. The Morgan fingerprint density at radius 3 is 2.52 bits per heavy atom. The predicted octanol–water partition coefficient (Wildman–Crippen LogP) is 2.54. The average Bonchev–Trinajstić information content (AvgIpc) is 2.81. The van der Waals surface area contributed by atoms with E-state index >= 15 is 0 Å². The summed E-state index contributed by atoms with van der Waals surface area (Å²) in [5, 5.41) is 6.40. The first kappa shape index (κ1) is 25.3. The van der Waals surface area contributed by atoms with Gasteiger partial charge in [-0.3, -0.25) is 14.4 Å². The number of nitrogens with zero attached hydrogens (tertiary/aromatic N) is 1. The highest BCUT2D eigenvalue weighted by Crippen LogP contribution is 2.37. The Morgan fingerprint density at radius 1 is 1.12 bits per heavy atom. The van der Waals surface area contributed by atoms with E-state index in [4.69, 9.17) is 21.1 Å². The van der Waals surface area contributed by atoms with Crippen LogP contribution in [0.25, 0.3) is 0 Å². The Morgan fingerprint density at radius 2 is 1.82 bits per heavy atom. The molecule has 2 atom stereocenters. The molecular weight excluding hydrogens is 446 g/mol. The number of likely N-dealkylation sites (tertiary alicyclic amines) is 1. The summed E-state index contributed by atoms with van der Waals surface area (Å²) < 4.78 is 11.3. The van der Waals surface area contributed by atoms with Crippen molar-refractivity contribution in [3.63, 3.8) is 0 Å². The van der Waals surface area contributed by atoms with E-state index in [1.165, 1.54) is 0 Å². The van der Waals surface area contributed by atoms with Crippen LogP contribution in [-0.4, -0.2) is 67.6 Å². The van der Waals surface area contributed by atoms with Crippen LogP contribution in [0.15, 0.2) is 24.3 Å². The molecule has 2 saturated heterocycles. The lowest BCUT2D eigenvalue weighted by molar-refractivity contribution is -0.143. The van der Waals surface area contributed by atoms with Crippen LogP contribution < -0.4 is 15.4 Å². The fourth-order valence-corrected chi connectivity index (χ4v) is 4.42. The molecule has 0 radical (unpaired) electrons. The molecule has 9 heteroatoms. The topological polar surface area (TPSA) is 97.0 Å². The Hall–Kier alpha value is -2.32. The molecule has 1 aromatic carbocycles. The third-order valence-corrected chi connectivity index (χ3v) is 6.67. The second-order valence-electron chi connectivity index (χ2n) is 9.04. The van der Waals surface area contributed by atoms with Crippen molar-refractivity contribution in [3.05, 3.63) is 29.3 Å². The maximum absolute atomic E-state index is 13.3. The molecule has 2 N–H and O–H groups in total. The van der Waals surface area contributed by atoms with E-state index < -0.39 is 11.5 Å². The molecule has 2 fully saturated rings. The van der Waals surface area contributed by atoms with Crippen LogP contribution in [-0.2, 0) is 19.1 Å². The minimum absolute atomic E-state index is 0.0619. The number of hydrogen-bond donors (Lipinski definition) is 2. The fraction of sp³-hybridized carbons (Fsp3) is 0.625. The highest BCUT2D eigenvalue weighted by atomic mass is 35.5. The van der Waals surface area contributed by atoms with Crippen molar-refractivity contribution in [1.82, 2.24) is 15.5 Å². The van der Waals surface area contributed by atoms with Gasteiger partial charge in [0.05, 0.1) is 12.0 Å². The molecule has 3 amide bonds. The molecule has 2 aliphatic heterocycles. The molecule has 0 bridgehead atoms. The van der Waals surface area contributed by atoms with Crippen LogP contribution in [0.1, 0.15) is 46.0 Å². The van der Waals surface area contributed by atoms with E-state index in [0.717, 1.165) is 12.8 Å². The number of ether oxygens (including phenoxy) is 2. The second kappa shape index (κ2) is 11.7. The van der Waals surface area contributed by atoms with Gasteiger partial charge in [0.1, 0.15) is 11.8 Å². The molecule has 33 heavy (non-hydrogen) atoms. The molecule has 0 unspecified atom stereocenters. The van der Waals surface area contributed by atoms with Crippen LogP contribution in [0, 0.1) is 5.41 Å². The van der Waals surface area contributed by atoms with E-state index in [0.29, 0.717) is 56.3 Å². The molecule has 8 nitrogen and oxygen atoms in total. The summed E-state index contributed by atoms with van der Waals surface area (Å²) >= 11 is 5.88. The van der Waals surface area contributed by atoms with Gasteiger partial charge >= 0.3 is 0 Å². The SMILES string of the molecule is C[C@@H]1NC(=O)C2(CCCCOC[C@H](C)NC1=O)CCN(C(=O)COc1ccc(Cl)cc1)CC2. The van der Waals surface area contributed by atoms with Gasteiger partial charge in [-0.2, -0.15) is 0 Å². The first-order valence-corrected chi connectivity index (χ1v) is 12.0. The van der Waals surface area contributed by atoms with Crippen LogP contribution in [0.3, 0.4) is 0 Å². The maximum Gasteiger partial charge on any atom is 0.260 e. The first-order valence-electron chi connectivity index (χ1n) is 11.6. The van der Waals surface area contributed by atoms with Gasteiger partial charge in [-0.1, -0.05) is 18.0 Å². The number of piperidine rings is 1. The molecule has 1 aromatic rings. The van der Waals surface area contributed by atoms with Crippen molar-refractivity contribution in [2.75, 3.05) is 32.9 Å². The number of carbonyl (C=O) groups excluding carboxylic acids is 3. The highest BCUT2D eigenvalue weighted by Gasteiger charge is 2.42. The Kier molecular flexibility index (Phi) is 8.97. The Balaban J connectivity index is 1.59. The van der Waals surface area contributed by atoms with E-state index in [9.17, 15) is 14.4 Å². The predicted molar refractivity (Wildman–Crippen MR) is 125 cm³/mol. The van der Waals surface area contributed by atoms with Gasteiger partial charge in [-0.25, -0.2) is 0 Å². The van der Waals surface area contributed by atoms with Crippen LogP contribution in [0.5, 0.6) is 5.75 Å². The van der Waals surface area contributed by atoms with Gasteiger partial charge in [0.25, 0.3) is 5.91 Å². The fourth-order valence-electron chi connectivity index (χ4n) is 4.29. The van der Waals surface area contributed by atoms with Gasteiger partial charge in [0, 0.05) is 30.8 Å². The van der Waals surface area contributed by atoms with Gasteiger partial charge in [0.15, 0.2) is 6.61 Å². The lowest BCUT2D eigenvalue weighted by atomic mass is 9.73. The van der Waals surface area contributed by atoms with Crippen LogP contribution >= 0.6 is 11.6 Å². The van der Waals surface area contributed by atoms with Crippen molar-refractivity contribution >= 4 is 29.3 Å². The molecule has 3 rings (SSSR count). The lowest BCUT2D eigenvalue weighted by Crippen LogP contribution is -2.55. The largest absolute Gasteiger partial charge is 0.484 e. The Bertz CT molecular complexity index is 824. The monoisotopic (exact) mass is 479 g/mol. The molecule has 2 aliphatic rings. The van der Waals surface area contributed by atoms with Gasteiger partial charge in [-0.15, -0.1) is 0 Å². The normalized spacial score (nSPS) is 24.6. The number of nitrogens with one attached hydrogen (secondary N) is 2. The summed E-state index contributed by atoms with van der Waals surface area (Å²) in [4.78, 5) is 40.1. The molecule has 0 aromatic heterocycles. The zero-order chi connectivity index (χ0) is 23.8. The summed E-state index contributed by atoms with van der Waals surface area (Å²) in [6.07, 6.45) is 3.51. The standard InChI is InChI=1S/C24H34ClN3O5/c1-17-15-32-14-4-3-9-24(23(31)27-18(2)22(30)26-17)10-12-28(13-11-24)21(29)16-33-20-7-5-19(25)6-8-20/h5-8,17-18H,3-4,9-16H2,1-2H3,(H,26,30)(H,27,31)/t17-,18-/m0/s1. The maximum atomic E-state index is 13.3. The molecule has 0 saturated carbocycles. The van der Waals surface area contributed by atoms with Crippen molar-refractivity contribution < 1.29 is 23.9 Å². The average molecular weight is 480 g/mol. The molecule has 2 heterocycles. The zero-order valence-electron chi connectivity index (χ0n) is 19.4. The number of benzene rings is 1. The van der Waals surface area contributed by atoms with E-state index in [1.54, 1.807) is 36.1 Å². The molecule has 182 valence electrons. The van der Waals surface area contributed by atoms with Crippen LogP contribution in [0.2, 0.25) is 5.02 Å². The zero-order valence-corrected chi connectivity index (χ0v) is 20.2. The van der Waals surface area contributed by atoms with Crippen molar-refractivity contribution in [2.45, 2.75) is 58.0 Å². The summed E-state index contributed by atoms with van der Waals surface area (Å²) in [5.74, 6) is 0.142. The molecule has 1 spiro atoms. The van der Waals surface area contributed by atoms with Crippen molar-refractivity contribution in [3.8, 4) is 5.75 Å². The first-order chi connectivity index (χ1) is 15.8. The summed E-state index contributed by atoms with van der Waals surface area (Å²) in [6, 6.07) is 6.12. The molecule has 0 aliphatic carbocycles. The van der Waals surface area contributed by atoms with Gasteiger partial charge < -0.3 is 25.0 Å².